The number of aromatic nitrogens is 2. The summed E-state index contributed by atoms with van der Waals surface area (Å²) in [4.78, 5) is 11.3. The Kier molecular flexibility index (Phi) is 4.69. The van der Waals surface area contributed by atoms with Crippen molar-refractivity contribution in [1.29, 1.82) is 0 Å². The molecule has 0 saturated carbocycles. The molecule has 4 nitrogen and oxygen atoms in total. The highest BCUT2D eigenvalue weighted by atomic mass is 32.2. The minimum atomic E-state index is 0.526. The van der Waals surface area contributed by atoms with E-state index in [1.807, 2.05) is 24.0 Å². The van der Waals surface area contributed by atoms with Crippen LogP contribution in [0.5, 0.6) is 0 Å². The molecule has 0 amide bonds. The summed E-state index contributed by atoms with van der Waals surface area (Å²) in [6.45, 7) is 8.70. The number of anilines is 2. The molecule has 0 bridgehead atoms. The molecule has 2 unspecified atom stereocenters. The molecule has 2 rings (SSSR count). The molecule has 1 aromatic heterocycles. The molecule has 1 aromatic rings. The first kappa shape index (κ1) is 13.5. The summed E-state index contributed by atoms with van der Waals surface area (Å²) in [7, 11) is 0. The number of hydrogen-bond acceptors (Lipinski definition) is 5. The number of nitrogens with one attached hydrogen (secondary N) is 1. The summed E-state index contributed by atoms with van der Waals surface area (Å²) >= 11 is 2.04. The predicted octanol–water partition coefficient (Wildman–Crippen LogP) is 2.63. The Bertz CT molecular complexity index is 385. The summed E-state index contributed by atoms with van der Waals surface area (Å²) in [6.07, 6.45) is 2.93. The van der Waals surface area contributed by atoms with Gasteiger partial charge in [0.05, 0.1) is 0 Å². The summed E-state index contributed by atoms with van der Waals surface area (Å²) in [5.74, 6) is 2.96. The first-order valence-electron chi connectivity index (χ1n) is 6.67. The average Bonchev–Trinajstić information content (AvgIpc) is 2.40. The van der Waals surface area contributed by atoms with Crippen LogP contribution in [-0.2, 0) is 0 Å². The van der Waals surface area contributed by atoms with Gasteiger partial charge in [-0.15, -0.1) is 0 Å². The minimum absolute atomic E-state index is 0.526. The van der Waals surface area contributed by atoms with Gasteiger partial charge < -0.3 is 10.2 Å². The molecule has 0 aromatic carbocycles. The van der Waals surface area contributed by atoms with Gasteiger partial charge in [-0.3, -0.25) is 0 Å². The van der Waals surface area contributed by atoms with Gasteiger partial charge in [-0.2, -0.15) is 16.7 Å². The Morgan fingerprint density at radius 2 is 2.33 bits per heavy atom. The van der Waals surface area contributed by atoms with Crippen molar-refractivity contribution in [1.82, 2.24) is 9.97 Å². The molecule has 100 valence electrons. The van der Waals surface area contributed by atoms with E-state index in [2.05, 4.69) is 41.0 Å². The Balaban J connectivity index is 2.11. The Morgan fingerprint density at radius 1 is 1.50 bits per heavy atom. The van der Waals surface area contributed by atoms with Gasteiger partial charge in [0.25, 0.3) is 0 Å². The third-order valence-electron chi connectivity index (χ3n) is 3.35. The number of hydrogen-bond donors (Lipinski definition) is 1. The zero-order chi connectivity index (χ0) is 13.0. The van der Waals surface area contributed by atoms with Crippen molar-refractivity contribution in [2.45, 2.75) is 38.5 Å². The van der Waals surface area contributed by atoms with E-state index in [-0.39, 0.29) is 0 Å². The zero-order valence-corrected chi connectivity index (χ0v) is 12.2. The molecule has 0 aliphatic carbocycles. The van der Waals surface area contributed by atoms with Gasteiger partial charge >= 0.3 is 0 Å². The first-order chi connectivity index (χ1) is 8.72. The van der Waals surface area contributed by atoms with Crippen molar-refractivity contribution < 1.29 is 0 Å². The van der Waals surface area contributed by atoms with Crippen LogP contribution in [0.25, 0.3) is 0 Å². The van der Waals surface area contributed by atoms with E-state index >= 15 is 0 Å². The zero-order valence-electron chi connectivity index (χ0n) is 11.4. The molecule has 1 saturated heterocycles. The molecular formula is C13H22N4S. The highest BCUT2D eigenvalue weighted by Crippen LogP contribution is 2.27. The lowest BCUT2D eigenvalue weighted by Crippen LogP contribution is -2.45. The van der Waals surface area contributed by atoms with Crippen LogP contribution in [-0.4, -0.2) is 40.1 Å². The molecule has 18 heavy (non-hydrogen) atoms. The van der Waals surface area contributed by atoms with Crippen molar-refractivity contribution in [3.63, 3.8) is 0 Å². The van der Waals surface area contributed by atoms with E-state index in [4.69, 9.17) is 0 Å². The predicted molar refractivity (Wildman–Crippen MR) is 79.5 cm³/mol. The minimum Gasteiger partial charge on any atom is -0.354 e. The van der Waals surface area contributed by atoms with Crippen LogP contribution >= 0.6 is 11.8 Å². The first-order valence-corrected chi connectivity index (χ1v) is 7.72. The summed E-state index contributed by atoms with van der Waals surface area (Å²) in [5, 5.41) is 3.90. The van der Waals surface area contributed by atoms with Gasteiger partial charge in [-0.05, 0) is 19.4 Å². The average molecular weight is 266 g/mol. The highest BCUT2D eigenvalue weighted by molar-refractivity contribution is 8.00. The van der Waals surface area contributed by atoms with Crippen molar-refractivity contribution in [3.05, 3.63) is 12.3 Å². The molecule has 1 aliphatic heterocycles. The lowest BCUT2D eigenvalue weighted by molar-refractivity contribution is 0.620. The number of nitrogens with zero attached hydrogens (tertiary/aromatic N) is 3. The second-order valence-electron chi connectivity index (χ2n) is 4.68. The maximum Gasteiger partial charge on any atom is 0.224 e. The molecular weight excluding hydrogens is 244 g/mol. The second kappa shape index (κ2) is 6.27. The lowest BCUT2D eigenvalue weighted by Gasteiger charge is -2.38. The van der Waals surface area contributed by atoms with Crippen molar-refractivity contribution >= 4 is 23.5 Å². The van der Waals surface area contributed by atoms with Gasteiger partial charge in [0.15, 0.2) is 0 Å². The van der Waals surface area contributed by atoms with Gasteiger partial charge in [-0.25, -0.2) is 4.98 Å². The molecule has 1 N–H and O–H groups in total. The fourth-order valence-corrected chi connectivity index (χ4v) is 3.19. The largest absolute Gasteiger partial charge is 0.354 e. The summed E-state index contributed by atoms with van der Waals surface area (Å²) in [5.41, 5.74) is 0. The number of rotatable bonds is 4. The topological polar surface area (TPSA) is 41.1 Å². The van der Waals surface area contributed by atoms with E-state index < -0.39 is 0 Å². The molecule has 1 fully saturated rings. The quantitative estimate of drug-likeness (QED) is 0.907. The van der Waals surface area contributed by atoms with Crippen LogP contribution in [0.1, 0.15) is 27.2 Å². The Labute approximate surface area is 114 Å². The monoisotopic (exact) mass is 266 g/mol. The molecule has 1 aliphatic rings. The van der Waals surface area contributed by atoms with Crippen molar-refractivity contribution in [3.8, 4) is 0 Å². The molecule has 2 heterocycles. The standard InChI is InChI=1S/C13H22N4S/c1-4-6-14-13-15-7-5-12(16-13)17-8-9-18-11(3)10(17)2/h5,7,10-11H,4,6,8-9H2,1-3H3,(H,14,15,16). The van der Waals surface area contributed by atoms with E-state index in [0.29, 0.717) is 11.3 Å². The third-order valence-corrected chi connectivity index (χ3v) is 4.69. The molecule has 5 heteroatoms. The fourth-order valence-electron chi connectivity index (χ4n) is 2.09. The lowest BCUT2D eigenvalue weighted by atomic mass is 10.2. The summed E-state index contributed by atoms with van der Waals surface area (Å²) < 4.78 is 0. The van der Waals surface area contributed by atoms with Crippen LogP contribution < -0.4 is 10.2 Å². The van der Waals surface area contributed by atoms with Crippen LogP contribution in [0.2, 0.25) is 0 Å². The smallest absolute Gasteiger partial charge is 0.224 e. The molecule has 2 atom stereocenters. The van der Waals surface area contributed by atoms with Gasteiger partial charge in [0.1, 0.15) is 5.82 Å². The van der Waals surface area contributed by atoms with E-state index in [1.165, 1.54) is 5.75 Å². The SMILES string of the molecule is CCCNc1nccc(N2CCSC(C)C2C)n1. The van der Waals surface area contributed by atoms with Crippen LogP contribution in [0.15, 0.2) is 12.3 Å². The van der Waals surface area contributed by atoms with Crippen LogP contribution in [0.4, 0.5) is 11.8 Å². The highest BCUT2D eigenvalue weighted by Gasteiger charge is 2.26. The van der Waals surface area contributed by atoms with E-state index in [0.717, 1.165) is 31.3 Å². The Morgan fingerprint density at radius 3 is 3.11 bits per heavy atom. The summed E-state index contributed by atoms with van der Waals surface area (Å²) in [6, 6.07) is 2.54. The fraction of sp³-hybridized carbons (Fsp3) is 0.692. The molecule has 0 spiro atoms. The van der Waals surface area contributed by atoms with Gasteiger partial charge in [0, 0.05) is 36.3 Å². The van der Waals surface area contributed by atoms with Crippen LogP contribution in [0.3, 0.4) is 0 Å². The van der Waals surface area contributed by atoms with E-state index in [1.54, 1.807) is 0 Å². The number of thioether (sulfide) groups is 1. The van der Waals surface area contributed by atoms with Crippen molar-refractivity contribution in [2.24, 2.45) is 0 Å². The second-order valence-corrected chi connectivity index (χ2v) is 6.16. The normalized spacial score (nSPS) is 24.1. The van der Waals surface area contributed by atoms with E-state index in [9.17, 15) is 0 Å². The maximum absolute atomic E-state index is 4.61. The Hall–Kier alpha value is -0.970. The van der Waals surface area contributed by atoms with Crippen LogP contribution in [0, 0.1) is 0 Å². The van der Waals surface area contributed by atoms with Crippen molar-refractivity contribution in [2.75, 3.05) is 29.1 Å². The maximum atomic E-state index is 4.61. The molecule has 0 radical (unpaired) electrons. The van der Waals surface area contributed by atoms with Gasteiger partial charge in [0.2, 0.25) is 5.95 Å². The van der Waals surface area contributed by atoms with Gasteiger partial charge in [-0.1, -0.05) is 13.8 Å². The third kappa shape index (κ3) is 3.07.